The SMILES string of the molecule is COC(=O)[C@@H](Nc1nc(CN2CCN(Cc3ccc4ccccc4c3)CC2)nc2ccccc12)C(C)C. The Kier molecular flexibility index (Phi) is 7.63. The molecule has 1 fully saturated rings. The number of hydrogen-bond acceptors (Lipinski definition) is 7. The van der Waals surface area contributed by atoms with Gasteiger partial charge in [0.2, 0.25) is 0 Å². The van der Waals surface area contributed by atoms with E-state index in [0.29, 0.717) is 12.4 Å². The average molecular weight is 498 g/mol. The number of esters is 1. The summed E-state index contributed by atoms with van der Waals surface area (Å²) in [4.78, 5) is 27.0. The molecule has 0 aliphatic carbocycles. The molecular weight excluding hydrogens is 462 g/mol. The van der Waals surface area contributed by atoms with Crippen LogP contribution >= 0.6 is 0 Å². The monoisotopic (exact) mass is 497 g/mol. The van der Waals surface area contributed by atoms with Crippen molar-refractivity contribution in [2.24, 2.45) is 5.92 Å². The predicted octanol–water partition coefficient (Wildman–Crippen LogP) is 4.71. The maximum Gasteiger partial charge on any atom is 0.328 e. The Morgan fingerprint density at radius 2 is 1.57 bits per heavy atom. The van der Waals surface area contributed by atoms with E-state index in [9.17, 15) is 4.79 Å². The summed E-state index contributed by atoms with van der Waals surface area (Å²) >= 11 is 0. The molecule has 1 N–H and O–H groups in total. The van der Waals surface area contributed by atoms with E-state index in [1.54, 1.807) is 0 Å². The maximum absolute atomic E-state index is 12.4. The van der Waals surface area contributed by atoms with E-state index in [1.165, 1.54) is 23.4 Å². The highest BCUT2D eigenvalue weighted by molar-refractivity contribution is 5.91. The summed E-state index contributed by atoms with van der Waals surface area (Å²) in [7, 11) is 1.42. The van der Waals surface area contributed by atoms with Crippen molar-refractivity contribution in [3.63, 3.8) is 0 Å². The van der Waals surface area contributed by atoms with Crippen LogP contribution in [0.15, 0.2) is 66.7 Å². The van der Waals surface area contributed by atoms with Gasteiger partial charge in [-0.1, -0.05) is 62.4 Å². The summed E-state index contributed by atoms with van der Waals surface area (Å²) in [5, 5.41) is 6.83. The summed E-state index contributed by atoms with van der Waals surface area (Å²) in [6.07, 6.45) is 0. The number of benzene rings is 3. The van der Waals surface area contributed by atoms with Gasteiger partial charge >= 0.3 is 5.97 Å². The largest absolute Gasteiger partial charge is 0.467 e. The second-order valence-corrected chi connectivity index (χ2v) is 10.1. The lowest BCUT2D eigenvalue weighted by Gasteiger charge is -2.34. The molecule has 0 unspecified atom stereocenters. The first-order valence-electron chi connectivity index (χ1n) is 13.0. The van der Waals surface area contributed by atoms with Gasteiger partial charge in [-0.25, -0.2) is 14.8 Å². The lowest BCUT2D eigenvalue weighted by Crippen LogP contribution is -2.45. The molecule has 1 aliphatic heterocycles. The van der Waals surface area contributed by atoms with Crippen LogP contribution in [0.25, 0.3) is 21.7 Å². The molecule has 0 saturated carbocycles. The molecular formula is C30H35N5O2. The molecule has 0 amide bonds. The number of piperazine rings is 1. The molecule has 1 aliphatic rings. The van der Waals surface area contributed by atoms with Gasteiger partial charge in [0.25, 0.3) is 0 Å². The molecule has 37 heavy (non-hydrogen) atoms. The van der Waals surface area contributed by atoms with Crippen LogP contribution < -0.4 is 5.32 Å². The number of rotatable bonds is 8. The number of methoxy groups -OCH3 is 1. The standard InChI is InChI=1S/C30H35N5O2/c1-21(2)28(30(36)37-3)33-29-25-10-6-7-11-26(25)31-27(32-29)20-35-16-14-34(15-17-35)19-22-12-13-23-8-4-5-9-24(23)18-22/h4-13,18,21,28H,14-17,19-20H2,1-3H3,(H,31,32,33)/t28-/m0/s1. The van der Waals surface area contributed by atoms with E-state index in [-0.39, 0.29) is 11.9 Å². The fourth-order valence-electron chi connectivity index (χ4n) is 4.98. The van der Waals surface area contributed by atoms with Crippen molar-refractivity contribution in [1.82, 2.24) is 19.8 Å². The lowest BCUT2D eigenvalue weighted by molar-refractivity contribution is -0.142. The van der Waals surface area contributed by atoms with E-state index in [0.717, 1.165) is 49.5 Å². The van der Waals surface area contributed by atoms with Gasteiger partial charge in [0, 0.05) is 38.1 Å². The minimum absolute atomic E-state index is 0.0558. The molecule has 7 heteroatoms. The van der Waals surface area contributed by atoms with Crippen LogP contribution in [0.2, 0.25) is 0 Å². The predicted molar refractivity (Wildman–Crippen MR) is 148 cm³/mol. The van der Waals surface area contributed by atoms with E-state index < -0.39 is 6.04 Å². The van der Waals surface area contributed by atoms with Gasteiger partial charge in [0.15, 0.2) is 0 Å². The number of carbonyl (C=O) groups is 1. The van der Waals surface area contributed by atoms with E-state index >= 15 is 0 Å². The van der Waals surface area contributed by atoms with Gasteiger partial charge in [-0.15, -0.1) is 0 Å². The molecule has 5 rings (SSSR count). The Morgan fingerprint density at radius 3 is 2.30 bits per heavy atom. The lowest BCUT2D eigenvalue weighted by atomic mass is 10.0. The van der Waals surface area contributed by atoms with Crippen molar-refractivity contribution in [3.8, 4) is 0 Å². The highest BCUT2D eigenvalue weighted by Gasteiger charge is 2.25. The van der Waals surface area contributed by atoms with Crippen LogP contribution in [0.1, 0.15) is 25.2 Å². The number of nitrogens with zero attached hydrogens (tertiary/aromatic N) is 4. The number of anilines is 1. The highest BCUT2D eigenvalue weighted by atomic mass is 16.5. The number of nitrogens with one attached hydrogen (secondary N) is 1. The Labute approximate surface area is 218 Å². The van der Waals surface area contributed by atoms with E-state index in [4.69, 9.17) is 14.7 Å². The molecule has 0 radical (unpaired) electrons. The van der Waals surface area contributed by atoms with Crippen molar-refractivity contribution >= 4 is 33.5 Å². The van der Waals surface area contributed by atoms with Gasteiger partial charge in [0.1, 0.15) is 17.7 Å². The summed E-state index contributed by atoms with van der Waals surface area (Å²) in [5.74, 6) is 1.21. The molecule has 2 heterocycles. The van der Waals surface area contributed by atoms with Crippen molar-refractivity contribution in [3.05, 3.63) is 78.1 Å². The zero-order chi connectivity index (χ0) is 25.8. The number of fused-ring (bicyclic) bond motifs is 2. The van der Waals surface area contributed by atoms with Crippen molar-refractivity contribution in [2.75, 3.05) is 38.6 Å². The third kappa shape index (κ3) is 5.89. The molecule has 1 aromatic heterocycles. The Balaban J connectivity index is 1.26. The molecule has 7 nitrogen and oxygen atoms in total. The van der Waals surface area contributed by atoms with Crippen LogP contribution in [0.3, 0.4) is 0 Å². The van der Waals surface area contributed by atoms with Crippen LogP contribution in [0.4, 0.5) is 5.82 Å². The zero-order valence-electron chi connectivity index (χ0n) is 21.9. The summed E-state index contributed by atoms with van der Waals surface area (Å²) in [6, 6.07) is 22.7. The molecule has 0 spiro atoms. The van der Waals surface area contributed by atoms with Gasteiger partial charge in [-0.2, -0.15) is 0 Å². The molecule has 1 saturated heterocycles. The Bertz CT molecular complexity index is 1380. The number of ether oxygens (including phenoxy) is 1. The first-order chi connectivity index (χ1) is 18.0. The topological polar surface area (TPSA) is 70.6 Å². The quantitative estimate of drug-likeness (QED) is 0.354. The maximum atomic E-state index is 12.4. The summed E-state index contributed by atoms with van der Waals surface area (Å²) in [5.41, 5.74) is 2.23. The molecule has 4 aromatic rings. The van der Waals surface area contributed by atoms with Crippen LogP contribution in [-0.2, 0) is 22.6 Å². The second-order valence-electron chi connectivity index (χ2n) is 10.1. The minimum Gasteiger partial charge on any atom is -0.467 e. The third-order valence-corrected chi connectivity index (χ3v) is 7.11. The normalized spacial score (nSPS) is 15.8. The summed E-state index contributed by atoms with van der Waals surface area (Å²) in [6.45, 7) is 9.56. The number of para-hydroxylation sites is 1. The smallest absolute Gasteiger partial charge is 0.328 e. The van der Waals surface area contributed by atoms with Gasteiger partial charge < -0.3 is 10.1 Å². The van der Waals surface area contributed by atoms with Crippen molar-refractivity contribution < 1.29 is 9.53 Å². The first kappa shape index (κ1) is 25.1. The summed E-state index contributed by atoms with van der Waals surface area (Å²) < 4.78 is 5.03. The van der Waals surface area contributed by atoms with E-state index in [2.05, 4.69) is 57.6 Å². The van der Waals surface area contributed by atoms with Gasteiger partial charge in [-0.05, 0) is 40.5 Å². The molecule has 3 aromatic carbocycles. The highest BCUT2D eigenvalue weighted by Crippen LogP contribution is 2.24. The second kappa shape index (κ2) is 11.2. The fourth-order valence-corrected chi connectivity index (χ4v) is 4.98. The fraction of sp³-hybridized carbons (Fsp3) is 0.367. The Hall–Kier alpha value is -3.55. The zero-order valence-corrected chi connectivity index (χ0v) is 21.9. The van der Waals surface area contributed by atoms with Crippen LogP contribution in [0.5, 0.6) is 0 Å². The number of aromatic nitrogens is 2. The molecule has 0 bridgehead atoms. The first-order valence-corrected chi connectivity index (χ1v) is 13.0. The molecule has 192 valence electrons. The van der Waals surface area contributed by atoms with Crippen LogP contribution in [0, 0.1) is 5.92 Å². The average Bonchev–Trinajstić information content (AvgIpc) is 2.92. The minimum atomic E-state index is -0.477. The van der Waals surface area contributed by atoms with Crippen LogP contribution in [-0.4, -0.2) is 65.1 Å². The third-order valence-electron chi connectivity index (χ3n) is 7.11. The molecule has 1 atom stereocenters. The Morgan fingerprint density at radius 1 is 0.892 bits per heavy atom. The van der Waals surface area contributed by atoms with Gasteiger partial charge in [-0.3, -0.25) is 9.80 Å². The number of hydrogen-bond donors (Lipinski definition) is 1. The van der Waals surface area contributed by atoms with Crippen molar-refractivity contribution in [2.45, 2.75) is 33.0 Å². The number of carbonyl (C=O) groups excluding carboxylic acids is 1. The van der Waals surface area contributed by atoms with Gasteiger partial charge in [0.05, 0.1) is 19.2 Å². The van der Waals surface area contributed by atoms with Crippen molar-refractivity contribution in [1.29, 1.82) is 0 Å². The van der Waals surface area contributed by atoms with E-state index in [1.807, 2.05) is 38.1 Å².